The second-order valence-electron chi connectivity index (χ2n) is 6.90. The van der Waals surface area contributed by atoms with Crippen molar-refractivity contribution in [3.05, 3.63) is 48.1 Å². The molecule has 0 spiro atoms. The Kier molecular flexibility index (Phi) is 6.12. The van der Waals surface area contributed by atoms with Crippen molar-refractivity contribution >= 4 is 11.6 Å². The maximum atomic E-state index is 14.4. The van der Waals surface area contributed by atoms with Crippen LogP contribution in [0, 0.1) is 11.6 Å². The van der Waals surface area contributed by atoms with Crippen molar-refractivity contribution in [2.45, 2.75) is 19.1 Å². The van der Waals surface area contributed by atoms with Gasteiger partial charge in [0.1, 0.15) is 6.61 Å². The molecule has 2 aromatic heterocycles. The molecule has 9 nitrogen and oxygen atoms in total. The van der Waals surface area contributed by atoms with E-state index in [1.165, 1.54) is 26.6 Å². The van der Waals surface area contributed by atoms with Gasteiger partial charge in [0, 0.05) is 18.8 Å². The van der Waals surface area contributed by atoms with Gasteiger partial charge in [-0.15, -0.1) is 0 Å². The van der Waals surface area contributed by atoms with Crippen LogP contribution in [0.1, 0.15) is 18.0 Å². The number of nitrogens with zero attached hydrogens (tertiary/aromatic N) is 4. The maximum absolute atomic E-state index is 14.4. The average Bonchev–Trinajstić information content (AvgIpc) is 3.47. The number of ether oxygens (including phenoxy) is 3. The Labute approximate surface area is 177 Å². The lowest BCUT2D eigenvalue weighted by molar-refractivity contribution is 0.280. The molecular formula is C20H22F2N6O3. The van der Waals surface area contributed by atoms with Gasteiger partial charge in [-0.1, -0.05) is 0 Å². The fourth-order valence-corrected chi connectivity index (χ4v) is 3.27. The molecule has 3 aromatic rings. The lowest BCUT2D eigenvalue weighted by atomic mass is 10.1. The minimum absolute atomic E-state index is 0.137. The molecule has 1 aliphatic heterocycles. The van der Waals surface area contributed by atoms with Crippen LogP contribution in [0.3, 0.4) is 0 Å². The number of anilines is 2. The number of hydrogen-bond donors (Lipinski definition) is 2. The zero-order valence-electron chi connectivity index (χ0n) is 17.1. The van der Waals surface area contributed by atoms with Gasteiger partial charge in [-0.25, -0.2) is 18.7 Å². The highest BCUT2D eigenvalue weighted by Gasteiger charge is 2.21. The molecule has 4 rings (SSSR count). The zero-order chi connectivity index (χ0) is 21.8. The summed E-state index contributed by atoms with van der Waals surface area (Å²) in [7, 11) is 2.57. The molecule has 1 unspecified atom stereocenters. The highest BCUT2D eigenvalue weighted by molar-refractivity contribution is 5.50. The smallest absolute Gasteiger partial charge is 0.227 e. The van der Waals surface area contributed by atoms with Crippen LogP contribution >= 0.6 is 0 Å². The summed E-state index contributed by atoms with van der Waals surface area (Å²) in [5.41, 5.74) is 0.445. The molecule has 0 amide bonds. The summed E-state index contributed by atoms with van der Waals surface area (Å²) in [4.78, 5) is 8.34. The SMILES string of the molecule is COc1cc(OC)c(F)c(COc2cnc(Nc3cnn(C4CCNC4)c3)nc2)c1F. The number of methoxy groups -OCH3 is 2. The van der Waals surface area contributed by atoms with Gasteiger partial charge in [0.25, 0.3) is 0 Å². The Hall–Kier alpha value is -3.47. The van der Waals surface area contributed by atoms with Crippen molar-refractivity contribution in [3.63, 3.8) is 0 Å². The van der Waals surface area contributed by atoms with Crippen molar-refractivity contribution in [1.82, 2.24) is 25.1 Å². The van der Waals surface area contributed by atoms with Gasteiger partial charge in [0.05, 0.1) is 50.1 Å². The number of nitrogens with one attached hydrogen (secondary N) is 2. The standard InChI is InChI=1S/C20H22F2N6O3/c1-29-16-5-17(30-2)19(22)15(18(16)21)11-31-14-8-24-20(25-9-14)27-12-6-26-28(10-12)13-3-4-23-7-13/h5-6,8-10,13,23H,3-4,7,11H2,1-2H3,(H,24,25,27). The fraction of sp³-hybridized carbons (Fsp3) is 0.350. The Morgan fingerprint density at radius 1 is 1.13 bits per heavy atom. The number of benzene rings is 1. The third-order valence-corrected chi connectivity index (χ3v) is 4.94. The Morgan fingerprint density at radius 3 is 2.45 bits per heavy atom. The Bertz CT molecular complexity index is 1010. The summed E-state index contributed by atoms with van der Waals surface area (Å²) < 4.78 is 46.1. The van der Waals surface area contributed by atoms with Crippen LogP contribution in [0.4, 0.5) is 20.4 Å². The summed E-state index contributed by atoms with van der Waals surface area (Å²) in [6.07, 6.45) is 7.45. The molecule has 0 saturated carbocycles. The summed E-state index contributed by atoms with van der Waals surface area (Å²) in [5.74, 6) is -1.39. The number of aromatic nitrogens is 4. The summed E-state index contributed by atoms with van der Waals surface area (Å²) in [6, 6.07) is 1.48. The van der Waals surface area contributed by atoms with E-state index in [0.717, 1.165) is 31.3 Å². The minimum Gasteiger partial charge on any atom is -0.494 e. The van der Waals surface area contributed by atoms with Crippen molar-refractivity contribution in [2.24, 2.45) is 0 Å². The van der Waals surface area contributed by atoms with Crippen LogP contribution in [0.25, 0.3) is 0 Å². The first kappa shape index (κ1) is 20.8. The molecule has 11 heteroatoms. The second-order valence-corrected chi connectivity index (χ2v) is 6.90. The molecule has 0 bridgehead atoms. The van der Waals surface area contributed by atoms with E-state index in [1.807, 2.05) is 10.9 Å². The van der Waals surface area contributed by atoms with Gasteiger partial charge in [-0.2, -0.15) is 5.10 Å². The van der Waals surface area contributed by atoms with E-state index < -0.39 is 11.6 Å². The predicted octanol–water partition coefficient (Wildman–Crippen LogP) is 2.83. The molecule has 1 aromatic carbocycles. The van der Waals surface area contributed by atoms with Crippen LogP contribution in [-0.2, 0) is 6.61 Å². The van der Waals surface area contributed by atoms with Gasteiger partial charge in [-0.05, 0) is 13.0 Å². The van der Waals surface area contributed by atoms with Crippen LogP contribution in [0.5, 0.6) is 17.2 Å². The van der Waals surface area contributed by atoms with Crippen LogP contribution in [0.15, 0.2) is 30.9 Å². The molecule has 1 saturated heterocycles. The topological polar surface area (TPSA) is 95.4 Å². The van der Waals surface area contributed by atoms with Crippen molar-refractivity contribution in [2.75, 3.05) is 32.6 Å². The molecule has 0 radical (unpaired) electrons. The first-order valence-corrected chi connectivity index (χ1v) is 9.64. The molecule has 1 fully saturated rings. The van der Waals surface area contributed by atoms with Crippen LogP contribution in [0.2, 0.25) is 0 Å². The quantitative estimate of drug-likeness (QED) is 0.561. The molecule has 164 valence electrons. The minimum atomic E-state index is -0.852. The monoisotopic (exact) mass is 432 g/mol. The lowest BCUT2D eigenvalue weighted by Crippen LogP contribution is -2.13. The van der Waals surface area contributed by atoms with E-state index in [1.54, 1.807) is 6.20 Å². The van der Waals surface area contributed by atoms with Gasteiger partial charge < -0.3 is 24.8 Å². The number of rotatable bonds is 8. The molecule has 0 aliphatic carbocycles. The van der Waals surface area contributed by atoms with E-state index >= 15 is 0 Å². The van der Waals surface area contributed by atoms with Crippen molar-refractivity contribution in [3.8, 4) is 17.2 Å². The van der Waals surface area contributed by atoms with Crippen molar-refractivity contribution in [1.29, 1.82) is 0 Å². The molecule has 1 atom stereocenters. The van der Waals surface area contributed by atoms with Gasteiger partial charge in [0.15, 0.2) is 28.9 Å². The van der Waals surface area contributed by atoms with Crippen LogP contribution < -0.4 is 24.8 Å². The van der Waals surface area contributed by atoms with Crippen LogP contribution in [-0.4, -0.2) is 47.1 Å². The Balaban J connectivity index is 1.40. The average molecular weight is 432 g/mol. The van der Waals surface area contributed by atoms with E-state index in [2.05, 4.69) is 25.7 Å². The van der Waals surface area contributed by atoms with E-state index in [9.17, 15) is 8.78 Å². The predicted molar refractivity (Wildman–Crippen MR) is 108 cm³/mol. The first-order chi connectivity index (χ1) is 15.1. The fourth-order valence-electron chi connectivity index (χ4n) is 3.27. The third kappa shape index (κ3) is 4.50. The summed E-state index contributed by atoms with van der Waals surface area (Å²) >= 11 is 0. The number of halogens is 2. The third-order valence-electron chi connectivity index (χ3n) is 4.94. The molecule has 2 N–H and O–H groups in total. The van der Waals surface area contributed by atoms with E-state index in [0.29, 0.717) is 12.0 Å². The van der Waals surface area contributed by atoms with Gasteiger partial charge >= 0.3 is 0 Å². The summed E-state index contributed by atoms with van der Waals surface area (Å²) in [6.45, 7) is 1.49. The first-order valence-electron chi connectivity index (χ1n) is 9.64. The normalized spacial score (nSPS) is 15.7. The zero-order valence-corrected chi connectivity index (χ0v) is 17.1. The largest absolute Gasteiger partial charge is 0.494 e. The van der Waals surface area contributed by atoms with E-state index in [4.69, 9.17) is 14.2 Å². The van der Waals surface area contributed by atoms with Crippen molar-refractivity contribution < 1.29 is 23.0 Å². The molecule has 1 aliphatic rings. The highest BCUT2D eigenvalue weighted by atomic mass is 19.1. The highest BCUT2D eigenvalue weighted by Crippen LogP contribution is 2.32. The molecule has 3 heterocycles. The number of hydrogen-bond acceptors (Lipinski definition) is 8. The molecular weight excluding hydrogens is 410 g/mol. The molecule has 31 heavy (non-hydrogen) atoms. The van der Waals surface area contributed by atoms with E-state index in [-0.39, 0.29) is 29.4 Å². The maximum Gasteiger partial charge on any atom is 0.227 e. The Morgan fingerprint density at radius 2 is 1.84 bits per heavy atom. The second kappa shape index (κ2) is 9.13. The summed E-state index contributed by atoms with van der Waals surface area (Å²) in [5, 5.41) is 10.7. The van der Waals surface area contributed by atoms with Gasteiger partial charge in [-0.3, -0.25) is 4.68 Å². The lowest BCUT2D eigenvalue weighted by Gasteiger charge is -2.13. The van der Waals surface area contributed by atoms with Gasteiger partial charge in [0.2, 0.25) is 5.95 Å².